The van der Waals surface area contributed by atoms with Crippen molar-refractivity contribution in [3.05, 3.63) is 59.2 Å². The monoisotopic (exact) mass is 203 g/mol. The minimum atomic E-state index is -0.183. The highest BCUT2D eigenvalue weighted by atomic mass is 16.1. The molecule has 0 radical (unpaired) electrons. The average Bonchev–Trinajstić information content (AvgIpc) is 2.21. The van der Waals surface area contributed by atoms with Crippen LogP contribution in [0.4, 0.5) is 0 Å². The van der Waals surface area contributed by atoms with Gasteiger partial charge < -0.3 is 5.73 Å². The Bertz CT molecular complexity index is 469. The van der Waals surface area contributed by atoms with E-state index < -0.39 is 0 Å². The summed E-state index contributed by atoms with van der Waals surface area (Å²) in [5.41, 5.74) is 6.30. The van der Waals surface area contributed by atoms with Crippen LogP contribution in [0.25, 0.3) is 5.70 Å². The molecular formula is C11H13N3O. The molecule has 78 valence electrons. The molecule has 0 aliphatic heterocycles. The standard InChI is InChI=1S/C11H13N3O/c1-3-10(7-6-9(2)12)14-11(15)5-4-8-13-14/h3-8H,2,12H2,1H3/b7-6-,10-3+. The Morgan fingerprint density at radius 3 is 2.87 bits per heavy atom. The van der Waals surface area contributed by atoms with Gasteiger partial charge in [-0.3, -0.25) is 4.79 Å². The van der Waals surface area contributed by atoms with Gasteiger partial charge in [-0.2, -0.15) is 9.78 Å². The summed E-state index contributed by atoms with van der Waals surface area (Å²) in [4.78, 5) is 11.4. The zero-order chi connectivity index (χ0) is 11.3. The molecule has 0 fully saturated rings. The minimum absolute atomic E-state index is 0.183. The van der Waals surface area contributed by atoms with Crippen molar-refractivity contribution in [2.45, 2.75) is 6.92 Å². The summed E-state index contributed by atoms with van der Waals surface area (Å²) >= 11 is 0. The van der Waals surface area contributed by atoms with E-state index in [1.54, 1.807) is 30.5 Å². The number of nitrogens with zero attached hydrogens (tertiary/aromatic N) is 2. The van der Waals surface area contributed by atoms with Crippen LogP contribution in [0, 0.1) is 0 Å². The lowest BCUT2D eigenvalue weighted by molar-refractivity contribution is 0.830. The first-order valence-corrected chi connectivity index (χ1v) is 4.48. The predicted octanol–water partition coefficient (Wildman–Crippen LogP) is 1.13. The van der Waals surface area contributed by atoms with Gasteiger partial charge in [0.05, 0.1) is 5.70 Å². The number of hydrogen-bond donors (Lipinski definition) is 1. The van der Waals surface area contributed by atoms with Crippen molar-refractivity contribution in [3.63, 3.8) is 0 Å². The first-order valence-electron chi connectivity index (χ1n) is 4.48. The third-order valence-corrected chi connectivity index (χ3v) is 1.72. The molecule has 2 N–H and O–H groups in total. The van der Waals surface area contributed by atoms with E-state index in [9.17, 15) is 4.79 Å². The number of allylic oxidation sites excluding steroid dienone is 4. The lowest BCUT2D eigenvalue weighted by atomic mass is 10.3. The summed E-state index contributed by atoms with van der Waals surface area (Å²) in [6.07, 6.45) is 6.64. The second-order valence-corrected chi connectivity index (χ2v) is 2.90. The Balaban J connectivity index is 3.11. The molecule has 0 saturated heterocycles. The van der Waals surface area contributed by atoms with Gasteiger partial charge in [0.1, 0.15) is 0 Å². The van der Waals surface area contributed by atoms with Crippen LogP contribution in [-0.2, 0) is 0 Å². The summed E-state index contributed by atoms with van der Waals surface area (Å²) in [6.45, 7) is 5.35. The minimum Gasteiger partial charge on any atom is -0.399 e. The largest absolute Gasteiger partial charge is 0.399 e. The van der Waals surface area contributed by atoms with Crippen LogP contribution in [-0.4, -0.2) is 9.78 Å². The van der Waals surface area contributed by atoms with E-state index in [1.165, 1.54) is 10.7 Å². The van der Waals surface area contributed by atoms with Crippen molar-refractivity contribution in [3.8, 4) is 0 Å². The molecule has 1 rings (SSSR count). The molecule has 1 aromatic rings. The second kappa shape index (κ2) is 4.95. The Morgan fingerprint density at radius 2 is 2.33 bits per heavy atom. The summed E-state index contributed by atoms with van der Waals surface area (Å²) in [6, 6.07) is 3.04. The van der Waals surface area contributed by atoms with Crippen molar-refractivity contribution in [1.82, 2.24) is 9.78 Å². The Labute approximate surface area is 88.0 Å². The smallest absolute Gasteiger partial charge is 0.271 e. The van der Waals surface area contributed by atoms with Gasteiger partial charge in [0.25, 0.3) is 5.56 Å². The van der Waals surface area contributed by atoms with E-state index in [0.717, 1.165) is 0 Å². The van der Waals surface area contributed by atoms with Crippen LogP contribution in [0.2, 0.25) is 0 Å². The maximum Gasteiger partial charge on any atom is 0.271 e. The molecular weight excluding hydrogens is 190 g/mol. The van der Waals surface area contributed by atoms with E-state index in [1.807, 2.05) is 6.92 Å². The maximum absolute atomic E-state index is 11.4. The van der Waals surface area contributed by atoms with Crippen LogP contribution in [0.5, 0.6) is 0 Å². The number of rotatable bonds is 3. The van der Waals surface area contributed by atoms with Gasteiger partial charge in [-0.15, -0.1) is 0 Å². The van der Waals surface area contributed by atoms with E-state index in [2.05, 4.69) is 11.7 Å². The molecule has 4 nitrogen and oxygen atoms in total. The Kier molecular flexibility index (Phi) is 3.62. The van der Waals surface area contributed by atoms with Crippen molar-refractivity contribution in [2.75, 3.05) is 0 Å². The van der Waals surface area contributed by atoms with Gasteiger partial charge in [0.2, 0.25) is 0 Å². The predicted molar refractivity (Wildman–Crippen MR) is 60.9 cm³/mol. The summed E-state index contributed by atoms with van der Waals surface area (Å²) < 4.78 is 1.29. The van der Waals surface area contributed by atoms with Crippen molar-refractivity contribution in [2.24, 2.45) is 5.73 Å². The Hall–Kier alpha value is -2.10. The van der Waals surface area contributed by atoms with Gasteiger partial charge in [-0.1, -0.05) is 12.7 Å². The third kappa shape index (κ3) is 2.95. The Morgan fingerprint density at radius 1 is 1.60 bits per heavy atom. The van der Waals surface area contributed by atoms with E-state index in [4.69, 9.17) is 5.73 Å². The van der Waals surface area contributed by atoms with Crippen LogP contribution in [0.15, 0.2) is 53.6 Å². The summed E-state index contributed by atoms with van der Waals surface area (Å²) in [5, 5.41) is 3.94. The molecule has 0 amide bonds. The van der Waals surface area contributed by atoms with Gasteiger partial charge in [-0.25, -0.2) is 0 Å². The molecule has 0 aliphatic carbocycles. The zero-order valence-electron chi connectivity index (χ0n) is 8.55. The number of hydrogen-bond acceptors (Lipinski definition) is 3. The van der Waals surface area contributed by atoms with Gasteiger partial charge in [0, 0.05) is 18.0 Å². The second-order valence-electron chi connectivity index (χ2n) is 2.90. The van der Waals surface area contributed by atoms with Crippen LogP contribution in [0.3, 0.4) is 0 Å². The SMILES string of the molecule is C=C(N)/C=C\C(=C/C)n1ncccc1=O. The normalized spacial score (nSPS) is 11.9. The lowest BCUT2D eigenvalue weighted by Gasteiger charge is -2.02. The highest BCUT2D eigenvalue weighted by Crippen LogP contribution is 2.01. The molecule has 0 aromatic carbocycles. The number of nitrogens with two attached hydrogens (primary N) is 1. The molecule has 0 atom stereocenters. The van der Waals surface area contributed by atoms with Crippen molar-refractivity contribution >= 4 is 5.70 Å². The zero-order valence-corrected chi connectivity index (χ0v) is 8.55. The highest BCUT2D eigenvalue weighted by molar-refractivity contribution is 5.56. The molecule has 0 saturated carbocycles. The average molecular weight is 203 g/mol. The molecule has 0 unspecified atom stereocenters. The lowest BCUT2D eigenvalue weighted by Crippen LogP contribution is -2.19. The molecule has 1 aromatic heterocycles. The van der Waals surface area contributed by atoms with Gasteiger partial charge in [-0.05, 0) is 25.1 Å². The summed E-state index contributed by atoms with van der Waals surface area (Å²) in [5.74, 6) is 0. The van der Waals surface area contributed by atoms with Gasteiger partial charge in [0.15, 0.2) is 0 Å². The fraction of sp³-hybridized carbons (Fsp3) is 0.0909. The van der Waals surface area contributed by atoms with E-state index >= 15 is 0 Å². The topological polar surface area (TPSA) is 60.9 Å². The van der Waals surface area contributed by atoms with E-state index in [0.29, 0.717) is 11.4 Å². The van der Waals surface area contributed by atoms with Crippen molar-refractivity contribution in [1.29, 1.82) is 0 Å². The van der Waals surface area contributed by atoms with Gasteiger partial charge >= 0.3 is 0 Å². The molecule has 0 bridgehead atoms. The molecule has 0 spiro atoms. The first-order chi connectivity index (χ1) is 7.15. The van der Waals surface area contributed by atoms with Crippen LogP contribution < -0.4 is 11.3 Å². The van der Waals surface area contributed by atoms with Crippen molar-refractivity contribution < 1.29 is 0 Å². The highest BCUT2D eigenvalue weighted by Gasteiger charge is 1.97. The summed E-state index contributed by atoms with van der Waals surface area (Å²) in [7, 11) is 0. The fourth-order valence-electron chi connectivity index (χ4n) is 1.03. The quantitative estimate of drug-likeness (QED) is 0.749. The first kappa shape index (κ1) is 11.0. The van der Waals surface area contributed by atoms with E-state index in [-0.39, 0.29) is 5.56 Å². The maximum atomic E-state index is 11.4. The fourth-order valence-corrected chi connectivity index (χ4v) is 1.03. The molecule has 4 heteroatoms. The molecule has 15 heavy (non-hydrogen) atoms. The molecule has 0 aliphatic rings. The number of aromatic nitrogens is 2. The van der Waals surface area contributed by atoms with Crippen LogP contribution >= 0.6 is 0 Å². The van der Waals surface area contributed by atoms with Crippen LogP contribution in [0.1, 0.15) is 6.92 Å². The molecule has 1 heterocycles. The third-order valence-electron chi connectivity index (χ3n) is 1.72.